The molecule has 138 valence electrons. The Hall–Kier alpha value is -1.96. The number of sulfonamides is 1. The standard InChI is InChI=1S/C19H22N2O3S2/c1-13(2)11-16(14-7-5-4-6-8-14)20-26(23,24)15-9-10-17-18(12-15)25-19(22)21(17)3/h4-10,12-13,16,20H,11H2,1-3H3/t16-/m1/s1. The normalized spacial score (nSPS) is 13.4. The first-order valence-corrected chi connectivity index (χ1v) is 10.7. The lowest BCUT2D eigenvalue weighted by molar-refractivity contribution is 0.472. The molecule has 0 saturated carbocycles. The lowest BCUT2D eigenvalue weighted by atomic mass is 9.98. The SMILES string of the molecule is CC(C)C[C@@H](NS(=O)(=O)c1ccc2c(c1)sc(=O)n2C)c1ccccc1. The molecular formula is C19H22N2O3S2. The Bertz CT molecular complexity index is 1070. The topological polar surface area (TPSA) is 68.2 Å². The smallest absolute Gasteiger partial charge is 0.302 e. The van der Waals surface area contributed by atoms with Crippen molar-refractivity contribution in [2.45, 2.75) is 31.2 Å². The Morgan fingerprint density at radius 2 is 1.81 bits per heavy atom. The number of rotatable bonds is 6. The largest absolute Gasteiger partial charge is 0.307 e. The highest BCUT2D eigenvalue weighted by molar-refractivity contribution is 7.89. The van der Waals surface area contributed by atoms with E-state index in [4.69, 9.17) is 0 Å². The van der Waals surface area contributed by atoms with Crippen LogP contribution in [0.15, 0.2) is 58.2 Å². The molecule has 0 bridgehead atoms. The summed E-state index contributed by atoms with van der Waals surface area (Å²) >= 11 is 1.05. The molecule has 2 aromatic carbocycles. The van der Waals surface area contributed by atoms with Crippen LogP contribution in [0.3, 0.4) is 0 Å². The molecule has 7 heteroatoms. The first-order chi connectivity index (χ1) is 12.3. The highest BCUT2D eigenvalue weighted by atomic mass is 32.2. The zero-order chi connectivity index (χ0) is 18.9. The van der Waals surface area contributed by atoms with Gasteiger partial charge in [-0.25, -0.2) is 13.1 Å². The molecular weight excluding hydrogens is 368 g/mol. The summed E-state index contributed by atoms with van der Waals surface area (Å²) in [4.78, 5) is 11.9. The number of nitrogens with one attached hydrogen (secondary N) is 1. The molecule has 1 atom stereocenters. The third-order valence-corrected chi connectivity index (χ3v) is 6.75. The molecule has 0 aliphatic carbocycles. The first kappa shape index (κ1) is 18.8. The van der Waals surface area contributed by atoms with Gasteiger partial charge in [-0.1, -0.05) is 55.5 Å². The van der Waals surface area contributed by atoms with Gasteiger partial charge in [0.05, 0.1) is 15.1 Å². The van der Waals surface area contributed by atoms with Crippen LogP contribution in [-0.4, -0.2) is 13.0 Å². The number of hydrogen-bond acceptors (Lipinski definition) is 4. The van der Waals surface area contributed by atoms with Crippen LogP contribution in [0.5, 0.6) is 0 Å². The maximum Gasteiger partial charge on any atom is 0.307 e. The van der Waals surface area contributed by atoms with Crippen molar-refractivity contribution >= 4 is 31.6 Å². The minimum Gasteiger partial charge on any atom is -0.302 e. The molecule has 0 radical (unpaired) electrons. The van der Waals surface area contributed by atoms with E-state index >= 15 is 0 Å². The van der Waals surface area contributed by atoms with Crippen LogP contribution in [0.25, 0.3) is 10.2 Å². The van der Waals surface area contributed by atoms with Crippen LogP contribution >= 0.6 is 11.3 Å². The van der Waals surface area contributed by atoms with Crippen LogP contribution in [0.1, 0.15) is 31.9 Å². The predicted molar refractivity (Wildman–Crippen MR) is 106 cm³/mol. The van der Waals surface area contributed by atoms with Gasteiger partial charge in [-0.3, -0.25) is 4.79 Å². The second kappa shape index (κ2) is 7.34. The van der Waals surface area contributed by atoms with Crippen molar-refractivity contribution in [2.24, 2.45) is 13.0 Å². The van der Waals surface area contributed by atoms with Gasteiger partial charge < -0.3 is 4.57 Å². The van der Waals surface area contributed by atoms with Gasteiger partial charge in [0.15, 0.2) is 0 Å². The molecule has 3 aromatic rings. The van der Waals surface area contributed by atoms with Crippen LogP contribution < -0.4 is 9.60 Å². The van der Waals surface area contributed by atoms with Crippen molar-refractivity contribution in [3.8, 4) is 0 Å². The molecule has 0 aliphatic heterocycles. The Labute approximate surface area is 157 Å². The highest BCUT2D eigenvalue weighted by Crippen LogP contribution is 2.26. The van der Waals surface area contributed by atoms with Crippen LogP contribution in [-0.2, 0) is 17.1 Å². The minimum absolute atomic E-state index is 0.107. The molecule has 1 heterocycles. The van der Waals surface area contributed by atoms with Gasteiger partial charge in [-0.15, -0.1) is 0 Å². The summed E-state index contributed by atoms with van der Waals surface area (Å²) < 4.78 is 30.9. The predicted octanol–water partition coefficient (Wildman–Crippen LogP) is 3.67. The number of nitrogens with zero attached hydrogens (tertiary/aromatic N) is 1. The van der Waals surface area contributed by atoms with Gasteiger partial charge in [-0.2, -0.15) is 0 Å². The second-order valence-corrected chi connectivity index (χ2v) is 9.48. The lowest BCUT2D eigenvalue weighted by Crippen LogP contribution is -2.29. The van der Waals surface area contributed by atoms with E-state index < -0.39 is 10.0 Å². The number of aryl methyl sites for hydroxylation is 1. The van der Waals surface area contributed by atoms with E-state index in [0.29, 0.717) is 17.0 Å². The molecule has 0 unspecified atom stereocenters. The van der Waals surface area contributed by atoms with Crippen molar-refractivity contribution in [1.82, 2.24) is 9.29 Å². The number of thiazole rings is 1. The Kier molecular flexibility index (Phi) is 5.32. The zero-order valence-corrected chi connectivity index (χ0v) is 16.6. The van der Waals surface area contributed by atoms with Crippen LogP contribution in [0.4, 0.5) is 0 Å². The van der Waals surface area contributed by atoms with Crippen molar-refractivity contribution in [3.63, 3.8) is 0 Å². The molecule has 5 nitrogen and oxygen atoms in total. The molecule has 26 heavy (non-hydrogen) atoms. The third-order valence-electron chi connectivity index (χ3n) is 4.28. The summed E-state index contributed by atoms with van der Waals surface area (Å²) in [5.74, 6) is 0.338. The summed E-state index contributed by atoms with van der Waals surface area (Å²) in [6.07, 6.45) is 0.699. The van der Waals surface area contributed by atoms with Gasteiger partial charge >= 0.3 is 4.87 Å². The molecule has 3 rings (SSSR count). The van der Waals surface area contributed by atoms with E-state index in [0.717, 1.165) is 22.4 Å². The number of aromatic nitrogens is 1. The lowest BCUT2D eigenvalue weighted by Gasteiger charge is -2.21. The van der Waals surface area contributed by atoms with E-state index in [1.807, 2.05) is 30.3 Å². The van der Waals surface area contributed by atoms with E-state index in [2.05, 4.69) is 18.6 Å². The first-order valence-electron chi connectivity index (χ1n) is 8.45. The molecule has 0 fully saturated rings. The zero-order valence-electron chi connectivity index (χ0n) is 15.0. The number of benzene rings is 2. The summed E-state index contributed by atoms with van der Waals surface area (Å²) in [5.41, 5.74) is 1.68. The molecule has 0 saturated heterocycles. The average molecular weight is 391 g/mol. The quantitative estimate of drug-likeness (QED) is 0.698. The van der Waals surface area contributed by atoms with Gasteiger partial charge in [0.25, 0.3) is 0 Å². The Morgan fingerprint density at radius 1 is 1.12 bits per heavy atom. The fourth-order valence-electron chi connectivity index (χ4n) is 2.95. The Morgan fingerprint density at radius 3 is 2.46 bits per heavy atom. The second-order valence-electron chi connectivity index (χ2n) is 6.77. The van der Waals surface area contributed by atoms with Crippen LogP contribution in [0, 0.1) is 5.92 Å². The van der Waals surface area contributed by atoms with Crippen molar-refractivity contribution in [2.75, 3.05) is 0 Å². The number of fused-ring (bicyclic) bond motifs is 1. The Balaban J connectivity index is 1.96. The molecule has 0 amide bonds. The summed E-state index contributed by atoms with van der Waals surface area (Å²) in [5, 5.41) is 0. The number of hydrogen-bond donors (Lipinski definition) is 1. The van der Waals surface area contributed by atoms with Crippen molar-refractivity contribution < 1.29 is 8.42 Å². The van der Waals surface area contributed by atoms with Crippen LogP contribution in [0.2, 0.25) is 0 Å². The van der Waals surface area contributed by atoms with Crippen molar-refractivity contribution in [1.29, 1.82) is 0 Å². The maximum absolute atomic E-state index is 12.9. The van der Waals surface area contributed by atoms with Gasteiger partial charge in [0, 0.05) is 13.1 Å². The summed E-state index contributed by atoms with van der Waals surface area (Å²) in [6.45, 7) is 4.13. The third kappa shape index (κ3) is 3.90. The van der Waals surface area contributed by atoms with Gasteiger partial charge in [0.1, 0.15) is 0 Å². The summed E-state index contributed by atoms with van der Waals surface area (Å²) in [6, 6.07) is 14.1. The molecule has 1 aromatic heterocycles. The maximum atomic E-state index is 12.9. The highest BCUT2D eigenvalue weighted by Gasteiger charge is 2.23. The molecule has 1 N–H and O–H groups in total. The monoisotopic (exact) mass is 390 g/mol. The van der Waals surface area contributed by atoms with E-state index in [1.165, 1.54) is 4.57 Å². The van der Waals surface area contributed by atoms with E-state index in [1.54, 1.807) is 25.2 Å². The molecule has 0 spiro atoms. The van der Waals surface area contributed by atoms with E-state index in [-0.39, 0.29) is 15.8 Å². The fourth-order valence-corrected chi connectivity index (χ4v) is 5.20. The van der Waals surface area contributed by atoms with E-state index in [9.17, 15) is 13.2 Å². The average Bonchev–Trinajstić information content (AvgIpc) is 2.88. The molecule has 0 aliphatic rings. The summed E-state index contributed by atoms with van der Waals surface area (Å²) in [7, 11) is -2.02. The van der Waals surface area contributed by atoms with Gasteiger partial charge in [-0.05, 0) is 36.1 Å². The van der Waals surface area contributed by atoms with Gasteiger partial charge in [0.2, 0.25) is 10.0 Å². The minimum atomic E-state index is -3.70. The fraction of sp³-hybridized carbons (Fsp3) is 0.316. The van der Waals surface area contributed by atoms with Crippen molar-refractivity contribution in [3.05, 3.63) is 63.8 Å².